The molecule has 0 unspecified atom stereocenters. The number of benzene rings is 1. The lowest BCUT2D eigenvalue weighted by molar-refractivity contribution is -0.137. The van der Waals surface area contributed by atoms with E-state index in [1.165, 1.54) is 6.07 Å². The van der Waals surface area contributed by atoms with Crippen molar-refractivity contribution >= 4 is 5.57 Å². The normalized spacial score (nSPS) is 13.0. The Labute approximate surface area is 83.7 Å². The Balaban J connectivity index is 3.14. The van der Waals surface area contributed by atoms with Crippen LogP contribution in [0.2, 0.25) is 0 Å². The maximum absolute atomic E-state index is 12.3. The molecule has 15 heavy (non-hydrogen) atoms. The van der Waals surface area contributed by atoms with Crippen molar-refractivity contribution in [2.75, 3.05) is 6.61 Å². The van der Waals surface area contributed by atoms with E-state index in [4.69, 9.17) is 5.11 Å². The van der Waals surface area contributed by atoms with Crippen molar-refractivity contribution in [3.05, 3.63) is 41.7 Å². The Kier molecular flexibility index (Phi) is 3.47. The zero-order valence-corrected chi connectivity index (χ0v) is 7.55. The predicted molar refractivity (Wildman–Crippen MR) is 47.6 cm³/mol. The second kappa shape index (κ2) is 4.44. The first-order chi connectivity index (χ1) is 6.99. The lowest BCUT2D eigenvalue weighted by Gasteiger charge is -2.08. The van der Waals surface area contributed by atoms with Gasteiger partial charge in [0.1, 0.15) is 0 Å². The molecule has 0 heterocycles. The minimum absolute atomic E-state index is 0.0230. The molecule has 1 N–H and O–H groups in total. The van der Waals surface area contributed by atoms with E-state index in [0.717, 1.165) is 18.2 Å². The van der Waals surface area contributed by atoms with Crippen LogP contribution in [-0.2, 0) is 6.18 Å². The topological polar surface area (TPSA) is 20.2 Å². The Morgan fingerprint density at radius 1 is 1.33 bits per heavy atom. The van der Waals surface area contributed by atoms with Gasteiger partial charge in [-0.05, 0) is 17.7 Å². The summed E-state index contributed by atoms with van der Waals surface area (Å²) in [6.07, 6.45) is -4.37. The van der Waals surface area contributed by atoms with Gasteiger partial charge in [-0.25, -0.2) is 4.39 Å². The van der Waals surface area contributed by atoms with E-state index in [9.17, 15) is 17.6 Å². The average molecular weight is 220 g/mol. The third kappa shape index (κ3) is 2.79. The number of alkyl halides is 3. The summed E-state index contributed by atoms with van der Waals surface area (Å²) < 4.78 is 49.0. The fourth-order valence-electron chi connectivity index (χ4n) is 1.08. The number of aliphatic hydroxyl groups excluding tert-OH is 1. The summed E-state index contributed by atoms with van der Waals surface area (Å²) in [7, 11) is 0. The fourth-order valence-corrected chi connectivity index (χ4v) is 1.08. The molecular formula is C10H8F4O. The van der Waals surface area contributed by atoms with Crippen molar-refractivity contribution in [2.45, 2.75) is 6.18 Å². The molecule has 0 atom stereocenters. The summed E-state index contributed by atoms with van der Waals surface area (Å²) in [5, 5.41) is 8.68. The van der Waals surface area contributed by atoms with Gasteiger partial charge in [0.25, 0.3) is 0 Å². The van der Waals surface area contributed by atoms with Crippen molar-refractivity contribution in [3.8, 4) is 0 Å². The fraction of sp³-hybridized carbons (Fsp3) is 0.200. The molecule has 0 fully saturated rings. The van der Waals surface area contributed by atoms with E-state index in [1.54, 1.807) is 0 Å². The summed E-state index contributed by atoms with van der Waals surface area (Å²) >= 11 is 0. The molecule has 0 radical (unpaired) electrons. The molecule has 82 valence electrons. The van der Waals surface area contributed by atoms with Crippen LogP contribution in [0.15, 0.2) is 30.6 Å². The highest BCUT2D eigenvalue weighted by Gasteiger charge is 2.30. The largest absolute Gasteiger partial charge is 0.416 e. The number of hydrogen-bond acceptors (Lipinski definition) is 1. The SMILES string of the molecule is OC/C(=C/F)c1cccc(C(F)(F)F)c1. The van der Waals surface area contributed by atoms with Crippen molar-refractivity contribution in [3.63, 3.8) is 0 Å². The smallest absolute Gasteiger partial charge is 0.392 e. The van der Waals surface area contributed by atoms with E-state index in [2.05, 4.69) is 0 Å². The van der Waals surface area contributed by atoms with Gasteiger partial charge in [0.2, 0.25) is 0 Å². The highest BCUT2D eigenvalue weighted by Crippen LogP contribution is 2.30. The second-order valence-corrected chi connectivity index (χ2v) is 2.87. The lowest BCUT2D eigenvalue weighted by Crippen LogP contribution is -2.05. The van der Waals surface area contributed by atoms with Crippen LogP contribution in [0.25, 0.3) is 5.57 Å². The Morgan fingerprint density at radius 2 is 2.00 bits per heavy atom. The van der Waals surface area contributed by atoms with Crippen LogP contribution in [0.3, 0.4) is 0 Å². The second-order valence-electron chi connectivity index (χ2n) is 2.87. The molecule has 1 aromatic carbocycles. The zero-order valence-electron chi connectivity index (χ0n) is 7.55. The van der Waals surface area contributed by atoms with Crippen LogP contribution in [0.4, 0.5) is 17.6 Å². The minimum atomic E-state index is -4.47. The Bertz CT molecular complexity index is 368. The van der Waals surface area contributed by atoms with E-state index in [1.807, 2.05) is 0 Å². The van der Waals surface area contributed by atoms with Crippen molar-refractivity contribution < 1.29 is 22.7 Å². The molecule has 0 saturated carbocycles. The Morgan fingerprint density at radius 3 is 2.47 bits per heavy atom. The van der Waals surface area contributed by atoms with Gasteiger partial charge in [0.05, 0.1) is 18.5 Å². The zero-order chi connectivity index (χ0) is 11.5. The molecule has 0 bridgehead atoms. The molecule has 0 spiro atoms. The molecular weight excluding hydrogens is 212 g/mol. The van der Waals surface area contributed by atoms with Gasteiger partial charge >= 0.3 is 6.18 Å². The van der Waals surface area contributed by atoms with E-state index in [0.29, 0.717) is 0 Å². The van der Waals surface area contributed by atoms with Gasteiger partial charge in [-0.3, -0.25) is 0 Å². The highest BCUT2D eigenvalue weighted by atomic mass is 19.4. The van der Waals surface area contributed by atoms with Gasteiger partial charge in [-0.15, -0.1) is 0 Å². The van der Waals surface area contributed by atoms with E-state index in [-0.39, 0.29) is 17.5 Å². The van der Waals surface area contributed by atoms with Crippen LogP contribution >= 0.6 is 0 Å². The number of hydrogen-bond donors (Lipinski definition) is 1. The van der Waals surface area contributed by atoms with Crippen LogP contribution < -0.4 is 0 Å². The van der Waals surface area contributed by atoms with Crippen LogP contribution in [0, 0.1) is 0 Å². The number of rotatable bonds is 2. The summed E-state index contributed by atoms with van der Waals surface area (Å²) in [6.45, 7) is -0.641. The summed E-state index contributed by atoms with van der Waals surface area (Å²) in [5.41, 5.74) is -1.02. The van der Waals surface area contributed by atoms with Crippen LogP contribution in [0.5, 0.6) is 0 Å². The molecule has 0 amide bonds. The first kappa shape index (κ1) is 11.7. The van der Waals surface area contributed by atoms with Gasteiger partial charge in [0, 0.05) is 5.57 Å². The van der Waals surface area contributed by atoms with E-state index < -0.39 is 18.3 Å². The first-order valence-electron chi connectivity index (χ1n) is 4.06. The summed E-state index contributed by atoms with van der Waals surface area (Å²) in [6, 6.07) is 4.15. The minimum Gasteiger partial charge on any atom is -0.392 e. The van der Waals surface area contributed by atoms with Gasteiger partial charge in [-0.1, -0.05) is 12.1 Å². The molecule has 1 rings (SSSR count). The summed E-state index contributed by atoms with van der Waals surface area (Å²) in [5.74, 6) is 0. The molecule has 0 aromatic heterocycles. The van der Waals surface area contributed by atoms with Crippen LogP contribution in [-0.4, -0.2) is 11.7 Å². The molecule has 1 nitrogen and oxygen atoms in total. The first-order valence-corrected chi connectivity index (χ1v) is 4.06. The number of aliphatic hydroxyl groups is 1. The lowest BCUT2D eigenvalue weighted by atomic mass is 10.0. The third-order valence-corrected chi connectivity index (χ3v) is 1.86. The van der Waals surface area contributed by atoms with Crippen molar-refractivity contribution in [1.29, 1.82) is 0 Å². The maximum atomic E-state index is 12.3. The van der Waals surface area contributed by atoms with Gasteiger partial charge in [0.15, 0.2) is 0 Å². The van der Waals surface area contributed by atoms with E-state index >= 15 is 0 Å². The molecule has 0 aliphatic rings. The standard InChI is InChI=1S/C10H8F4O/c11-5-8(6-15)7-2-1-3-9(4-7)10(12,13)14/h1-5,15H,6H2/b8-5-. The average Bonchev–Trinajstić information content (AvgIpc) is 2.19. The third-order valence-electron chi connectivity index (χ3n) is 1.86. The van der Waals surface area contributed by atoms with Crippen LogP contribution in [0.1, 0.15) is 11.1 Å². The molecule has 0 aliphatic heterocycles. The van der Waals surface area contributed by atoms with Gasteiger partial charge < -0.3 is 5.11 Å². The molecule has 1 aromatic rings. The monoisotopic (exact) mass is 220 g/mol. The van der Waals surface area contributed by atoms with Crippen molar-refractivity contribution in [1.82, 2.24) is 0 Å². The van der Waals surface area contributed by atoms with Gasteiger partial charge in [-0.2, -0.15) is 13.2 Å². The Hall–Kier alpha value is -1.36. The molecule has 0 saturated heterocycles. The highest BCUT2D eigenvalue weighted by molar-refractivity contribution is 5.65. The number of halogens is 4. The summed E-state index contributed by atoms with van der Waals surface area (Å²) in [4.78, 5) is 0. The van der Waals surface area contributed by atoms with Crippen molar-refractivity contribution in [2.24, 2.45) is 0 Å². The quantitative estimate of drug-likeness (QED) is 0.759. The maximum Gasteiger partial charge on any atom is 0.416 e. The molecule has 0 aliphatic carbocycles. The predicted octanol–water partition coefficient (Wildman–Crippen LogP) is 3.01. The molecule has 5 heteroatoms.